The number of carbonyl (C=O) groups is 1. The first kappa shape index (κ1) is 14.9. The van der Waals surface area contributed by atoms with Gasteiger partial charge in [0.2, 0.25) is 0 Å². The monoisotopic (exact) mass is 330 g/mol. The van der Waals surface area contributed by atoms with E-state index in [2.05, 4.69) is 25.7 Å². The maximum absolute atomic E-state index is 12.6. The van der Waals surface area contributed by atoms with Gasteiger partial charge in [0.05, 0.1) is 23.6 Å². The van der Waals surface area contributed by atoms with Gasteiger partial charge in [-0.15, -0.1) is 10.2 Å². The predicted molar refractivity (Wildman–Crippen MR) is 93.1 cm³/mol. The number of aryl methyl sites for hydroxylation is 1. The third-order valence-electron chi connectivity index (χ3n) is 3.87. The van der Waals surface area contributed by atoms with Crippen molar-refractivity contribution in [2.24, 2.45) is 0 Å². The quantitative estimate of drug-likeness (QED) is 0.624. The molecule has 0 saturated carbocycles. The predicted octanol–water partition coefficient (Wildman–Crippen LogP) is 2.75. The lowest BCUT2D eigenvalue weighted by molar-refractivity contribution is 0.102. The minimum absolute atomic E-state index is 0.231. The van der Waals surface area contributed by atoms with Crippen molar-refractivity contribution in [3.8, 4) is 11.4 Å². The fourth-order valence-electron chi connectivity index (χ4n) is 2.52. The van der Waals surface area contributed by atoms with Crippen molar-refractivity contribution < 1.29 is 4.79 Å². The van der Waals surface area contributed by atoms with Crippen LogP contribution in [-0.4, -0.2) is 30.7 Å². The lowest BCUT2D eigenvalue weighted by Crippen LogP contribution is -2.14. The minimum atomic E-state index is -0.231. The van der Waals surface area contributed by atoms with Crippen LogP contribution in [0.4, 0.5) is 5.69 Å². The number of carbonyl (C=O) groups excluding carboxylic acids is 1. The number of hydrogen-bond donors (Lipinski definition) is 1. The Kier molecular flexibility index (Phi) is 3.66. The average molecular weight is 330 g/mol. The number of nitrogens with one attached hydrogen (secondary N) is 1. The highest BCUT2D eigenvalue weighted by Crippen LogP contribution is 2.19. The highest BCUT2D eigenvalue weighted by atomic mass is 16.1. The van der Waals surface area contributed by atoms with E-state index in [4.69, 9.17) is 0 Å². The molecule has 0 bridgehead atoms. The van der Waals surface area contributed by atoms with Crippen molar-refractivity contribution in [2.75, 3.05) is 5.32 Å². The first-order valence-corrected chi connectivity index (χ1v) is 7.71. The molecule has 7 heteroatoms. The summed E-state index contributed by atoms with van der Waals surface area (Å²) in [5.41, 5.74) is 3.59. The summed E-state index contributed by atoms with van der Waals surface area (Å²) < 4.78 is 1.81. The summed E-state index contributed by atoms with van der Waals surface area (Å²) in [5, 5.41) is 18.8. The van der Waals surface area contributed by atoms with Gasteiger partial charge >= 0.3 is 0 Å². The Morgan fingerprint density at radius 2 is 1.80 bits per heavy atom. The van der Waals surface area contributed by atoms with E-state index in [9.17, 15) is 4.79 Å². The highest BCUT2D eigenvalue weighted by molar-refractivity contribution is 6.04. The third kappa shape index (κ3) is 2.83. The molecule has 1 aromatic carbocycles. The Labute approximate surface area is 143 Å². The van der Waals surface area contributed by atoms with Gasteiger partial charge in [-0.2, -0.15) is 10.2 Å². The normalized spacial score (nSPS) is 10.8. The fourth-order valence-corrected chi connectivity index (χ4v) is 2.52. The summed E-state index contributed by atoms with van der Waals surface area (Å²) in [7, 11) is 0. The van der Waals surface area contributed by atoms with Crippen LogP contribution in [0, 0.1) is 6.92 Å². The minimum Gasteiger partial charge on any atom is -0.320 e. The molecular formula is C18H14N6O. The molecule has 0 aliphatic heterocycles. The number of pyridine rings is 1. The molecule has 0 aliphatic rings. The van der Waals surface area contributed by atoms with E-state index in [-0.39, 0.29) is 5.91 Å². The molecular weight excluding hydrogens is 316 g/mol. The second-order valence-electron chi connectivity index (χ2n) is 5.58. The van der Waals surface area contributed by atoms with Crippen LogP contribution < -0.4 is 5.32 Å². The average Bonchev–Trinajstić information content (AvgIpc) is 3.07. The van der Waals surface area contributed by atoms with Gasteiger partial charge in [0.25, 0.3) is 5.91 Å². The first-order chi connectivity index (χ1) is 12.2. The summed E-state index contributed by atoms with van der Waals surface area (Å²) in [6, 6.07) is 13.2. The molecule has 0 saturated heterocycles. The van der Waals surface area contributed by atoms with Crippen molar-refractivity contribution in [3.63, 3.8) is 0 Å². The zero-order valence-electron chi connectivity index (χ0n) is 13.4. The summed E-state index contributed by atoms with van der Waals surface area (Å²) >= 11 is 0. The van der Waals surface area contributed by atoms with Crippen LogP contribution >= 0.6 is 0 Å². The Hall–Kier alpha value is -3.61. The third-order valence-corrected chi connectivity index (χ3v) is 3.87. The van der Waals surface area contributed by atoms with Crippen LogP contribution in [-0.2, 0) is 0 Å². The summed E-state index contributed by atoms with van der Waals surface area (Å²) in [6.07, 6.45) is 4.86. The molecule has 0 atom stereocenters. The molecule has 0 radical (unpaired) electrons. The van der Waals surface area contributed by atoms with Gasteiger partial charge < -0.3 is 5.32 Å². The van der Waals surface area contributed by atoms with E-state index in [1.54, 1.807) is 24.5 Å². The van der Waals surface area contributed by atoms with Crippen LogP contribution in [0.25, 0.3) is 17.0 Å². The van der Waals surface area contributed by atoms with Crippen LogP contribution in [0.1, 0.15) is 15.9 Å². The number of anilines is 1. The molecule has 4 rings (SSSR count). The zero-order chi connectivity index (χ0) is 17.2. The molecule has 1 N–H and O–H groups in total. The van der Waals surface area contributed by atoms with Crippen LogP contribution in [0.5, 0.6) is 0 Å². The highest BCUT2D eigenvalue weighted by Gasteiger charge is 2.12. The van der Waals surface area contributed by atoms with E-state index >= 15 is 0 Å². The lowest BCUT2D eigenvalue weighted by Gasteiger charge is -2.08. The van der Waals surface area contributed by atoms with Crippen LogP contribution in [0.3, 0.4) is 0 Å². The summed E-state index contributed by atoms with van der Waals surface area (Å²) in [6.45, 7) is 1.86. The second kappa shape index (κ2) is 6.12. The maximum Gasteiger partial charge on any atom is 0.257 e. The van der Waals surface area contributed by atoms with E-state index in [0.717, 1.165) is 11.1 Å². The molecule has 25 heavy (non-hydrogen) atoms. The van der Waals surface area contributed by atoms with Crippen molar-refractivity contribution in [1.82, 2.24) is 24.8 Å². The van der Waals surface area contributed by atoms with Crippen LogP contribution in [0.2, 0.25) is 0 Å². The molecule has 122 valence electrons. The molecule has 0 aliphatic carbocycles. The molecule has 3 aromatic heterocycles. The zero-order valence-corrected chi connectivity index (χ0v) is 13.4. The van der Waals surface area contributed by atoms with Crippen molar-refractivity contribution in [1.29, 1.82) is 0 Å². The Balaban J connectivity index is 1.71. The van der Waals surface area contributed by atoms with E-state index in [1.807, 2.05) is 41.7 Å². The van der Waals surface area contributed by atoms with Gasteiger partial charge in [0.15, 0.2) is 11.5 Å². The smallest absolute Gasteiger partial charge is 0.257 e. The van der Waals surface area contributed by atoms with Gasteiger partial charge in [0, 0.05) is 11.8 Å². The number of nitrogens with zero attached hydrogens (tertiary/aromatic N) is 5. The second-order valence-corrected chi connectivity index (χ2v) is 5.58. The standard InChI is InChI=1S/C18H14N6O/c1-12-9-19-20-10-15(12)21-18(25)14-7-8-16-22-23-17(24(16)11-14)13-5-3-2-4-6-13/h2-11H,1H3,(H,19,21,25). The van der Waals surface area contributed by atoms with Crippen molar-refractivity contribution >= 4 is 17.2 Å². The van der Waals surface area contributed by atoms with Gasteiger partial charge in [-0.1, -0.05) is 30.3 Å². The molecule has 0 fully saturated rings. The fraction of sp³-hybridized carbons (Fsp3) is 0.0556. The Bertz CT molecular complexity index is 1060. The molecule has 3 heterocycles. The van der Waals surface area contributed by atoms with E-state index < -0.39 is 0 Å². The topological polar surface area (TPSA) is 85.1 Å². The molecule has 0 spiro atoms. The Morgan fingerprint density at radius 1 is 1.00 bits per heavy atom. The number of fused-ring (bicyclic) bond motifs is 1. The number of amides is 1. The summed E-state index contributed by atoms with van der Waals surface area (Å²) in [4.78, 5) is 12.6. The lowest BCUT2D eigenvalue weighted by atomic mass is 10.2. The summed E-state index contributed by atoms with van der Waals surface area (Å²) in [5.74, 6) is 0.456. The number of hydrogen-bond acceptors (Lipinski definition) is 5. The number of rotatable bonds is 3. The molecule has 0 unspecified atom stereocenters. The first-order valence-electron chi connectivity index (χ1n) is 7.71. The van der Waals surface area contributed by atoms with Crippen molar-refractivity contribution in [3.05, 3.63) is 72.2 Å². The van der Waals surface area contributed by atoms with Gasteiger partial charge in [-0.3, -0.25) is 9.20 Å². The molecule has 4 aromatic rings. The van der Waals surface area contributed by atoms with Gasteiger partial charge in [-0.05, 0) is 24.6 Å². The van der Waals surface area contributed by atoms with Gasteiger partial charge in [-0.25, -0.2) is 0 Å². The Morgan fingerprint density at radius 3 is 2.60 bits per heavy atom. The molecule has 1 amide bonds. The van der Waals surface area contributed by atoms with Crippen molar-refractivity contribution in [2.45, 2.75) is 6.92 Å². The number of benzene rings is 1. The van der Waals surface area contributed by atoms with Crippen LogP contribution in [0.15, 0.2) is 61.1 Å². The van der Waals surface area contributed by atoms with E-state index in [1.165, 1.54) is 6.20 Å². The largest absolute Gasteiger partial charge is 0.320 e. The SMILES string of the molecule is Cc1cnncc1NC(=O)c1ccc2nnc(-c3ccccc3)n2c1. The maximum atomic E-state index is 12.6. The number of aromatic nitrogens is 5. The van der Waals surface area contributed by atoms with E-state index in [0.29, 0.717) is 22.7 Å². The molecule has 7 nitrogen and oxygen atoms in total. The van der Waals surface area contributed by atoms with Gasteiger partial charge in [0.1, 0.15) is 0 Å².